The number of pyridine rings is 1. The topological polar surface area (TPSA) is 111 Å². The van der Waals surface area contributed by atoms with Gasteiger partial charge in [-0.3, -0.25) is 14.7 Å². The summed E-state index contributed by atoms with van der Waals surface area (Å²) in [6.45, 7) is 5.85. The molecule has 1 aromatic carbocycles. The maximum atomic E-state index is 14.7. The molecule has 1 aliphatic rings. The highest BCUT2D eigenvalue weighted by atomic mass is 19.1. The molecule has 3 aromatic rings. The number of carbonyl (C=O) groups excluding carboxylic acids is 1. The van der Waals surface area contributed by atoms with Crippen molar-refractivity contribution in [3.63, 3.8) is 0 Å². The normalized spacial score (nSPS) is 20.2. The predicted molar refractivity (Wildman–Crippen MR) is 125 cm³/mol. The van der Waals surface area contributed by atoms with E-state index in [1.54, 1.807) is 17.0 Å². The number of hydrogen-bond acceptors (Lipinski definition) is 5. The van der Waals surface area contributed by atoms with Gasteiger partial charge in [-0.2, -0.15) is 5.10 Å². The van der Waals surface area contributed by atoms with Crippen LogP contribution in [0.25, 0.3) is 0 Å². The van der Waals surface area contributed by atoms with Gasteiger partial charge in [0.05, 0.1) is 11.1 Å². The second-order valence-corrected chi connectivity index (χ2v) is 9.07. The number of nitrogens with one attached hydrogen (secondary N) is 2. The van der Waals surface area contributed by atoms with Gasteiger partial charge in [0.1, 0.15) is 11.6 Å². The second kappa shape index (κ2) is 9.24. The van der Waals surface area contributed by atoms with Crippen LogP contribution in [-0.2, 0) is 11.2 Å². The zero-order valence-electron chi connectivity index (χ0n) is 19.4. The van der Waals surface area contributed by atoms with Gasteiger partial charge in [0.25, 0.3) is 5.91 Å². The van der Waals surface area contributed by atoms with Crippen molar-refractivity contribution >= 4 is 23.5 Å². The Morgan fingerprint density at radius 1 is 1.24 bits per heavy atom. The number of rotatable bonds is 6. The summed E-state index contributed by atoms with van der Waals surface area (Å²) in [5.74, 6) is -0.773. The van der Waals surface area contributed by atoms with E-state index in [1.165, 1.54) is 12.1 Å². The van der Waals surface area contributed by atoms with Gasteiger partial charge >= 0.3 is 5.97 Å². The number of aromatic amines is 1. The summed E-state index contributed by atoms with van der Waals surface area (Å²) in [5.41, 5.74) is 1.19. The van der Waals surface area contributed by atoms with Crippen molar-refractivity contribution in [2.75, 3.05) is 11.9 Å². The van der Waals surface area contributed by atoms with Gasteiger partial charge in [-0.1, -0.05) is 18.2 Å². The van der Waals surface area contributed by atoms with Crippen LogP contribution in [0.1, 0.15) is 47.1 Å². The molecule has 34 heavy (non-hydrogen) atoms. The number of carbonyl (C=O) groups is 2. The van der Waals surface area contributed by atoms with Crippen LogP contribution in [-0.4, -0.2) is 49.7 Å². The van der Waals surface area contributed by atoms with E-state index in [2.05, 4.69) is 20.5 Å². The molecule has 3 heterocycles. The van der Waals surface area contributed by atoms with Crippen molar-refractivity contribution in [2.24, 2.45) is 5.41 Å². The molecule has 178 valence electrons. The Hall–Kier alpha value is -3.75. The Morgan fingerprint density at radius 3 is 2.65 bits per heavy atom. The van der Waals surface area contributed by atoms with Crippen LogP contribution < -0.4 is 5.32 Å². The maximum Gasteiger partial charge on any atom is 0.310 e. The van der Waals surface area contributed by atoms with Crippen molar-refractivity contribution in [2.45, 2.75) is 46.1 Å². The summed E-state index contributed by atoms with van der Waals surface area (Å²) in [5, 5.41) is 20.1. The van der Waals surface area contributed by atoms with E-state index in [9.17, 15) is 19.1 Å². The molecule has 1 fully saturated rings. The first-order valence-electron chi connectivity index (χ1n) is 11.2. The molecule has 1 amide bonds. The van der Waals surface area contributed by atoms with Gasteiger partial charge in [-0.25, -0.2) is 9.37 Å². The van der Waals surface area contributed by atoms with E-state index in [1.807, 2.05) is 39.0 Å². The monoisotopic (exact) mass is 465 g/mol. The van der Waals surface area contributed by atoms with Gasteiger partial charge in [0.2, 0.25) is 0 Å². The molecule has 3 N–H and O–H groups in total. The Labute approximate surface area is 197 Å². The van der Waals surface area contributed by atoms with E-state index < -0.39 is 17.2 Å². The maximum absolute atomic E-state index is 14.7. The van der Waals surface area contributed by atoms with Crippen LogP contribution in [0.2, 0.25) is 0 Å². The number of aromatic nitrogens is 3. The summed E-state index contributed by atoms with van der Waals surface area (Å²) in [4.78, 5) is 31.6. The Bertz CT molecular complexity index is 1230. The molecule has 0 radical (unpaired) electrons. The number of aliphatic carboxylic acids is 1. The molecule has 1 aliphatic heterocycles. The number of hydrogen-bond donors (Lipinski definition) is 3. The number of piperidine rings is 1. The molecular formula is C25H28FN5O3. The minimum atomic E-state index is -1.22. The first-order valence-corrected chi connectivity index (χ1v) is 11.2. The average molecular weight is 466 g/mol. The van der Waals surface area contributed by atoms with E-state index >= 15 is 0 Å². The van der Waals surface area contributed by atoms with Crippen molar-refractivity contribution in [3.05, 3.63) is 70.8 Å². The van der Waals surface area contributed by atoms with Crippen molar-refractivity contribution in [1.29, 1.82) is 0 Å². The first-order chi connectivity index (χ1) is 16.2. The molecule has 0 aliphatic carbocycles. The number of amides is 1. The highest BCUT2D eigenvalue weighted by Gasteiger charge is 2.46. The Kier molecular flexibility index (Phi) is 6.37. The predicted octanol–water partition coefficient (Wildman–Crippen LogP) is 4.24. The lowest BCUT2D eigenvalue weighted by molar-refractivity contribution is -0.153. The van der Waals surface area contributed by atoms with Crippen LogP contribution in [0.5, 0.6) is 0 Å². The van der Waals surface area contributed by atoms with Crippen molar-refractivity contribution < 1.29 is 19.1 Å². The smallest absolute Gasteiger partial charge is 0.310 e. The molecule has 1 saturated heterocycles. The van der Waals surface area contributed by atoms with E-state index in [-0.39, 0.29) is 43.5 Å². The van der Waals surface area contributed by atoms with Crippen LogP contribution in [0.4, 0.5) is 16.0 Å². The third-order valence-electron chi connectivity index (χ3n) is 6.53. The number of aryl methyl sites for hydroxylation is 2. The number of anilines is 2. The lowest BCUT2D eigenvalue weighted by atomic mass is 9.72. The summed E-state index contributed by atoms with van der Waals surface area (Å²) < 4.78 is 14.7. The highest BCUT2D eigenvalue weighted by Crippen LogP contribution is 2.39. The molecule has 2 atom stereocenters. The van der Waals surface area contributed by atoms with Crippen molar-refractivity contribution in [1.82, 2.24) is 20.1 Å². The lowest BCUT2D eigenvalue weighted by Crippen LogP contribution is -2.52. The van der Waals surface area contributed by atoms with E-state index in [0.717, 1.165) is 11.3 Å². The largest absolute Gasteiger partial charge is 0.481 e. The van der Waals surface area contributed by atoms with Crippen LogP contribution in [0.15, 0.2) is 42.5 Å². The minimum Gasteiger partial charge on any atom is -0.481 e. The highest BCUT2D eigenvalue weighted by molar-refractivity contribution is 5.96. The van der Waals surface area contributed by atoms with E-state index in [4.69, 9.17) is 0 Å². The number of halogens is 1. The summed E-state index contributed by atoms with van der Waals surface area (Å²) in [7, 11) is 0. The number of benzene rings is 1. The fourth-order valence-corrected chi connectivity index (χ4v) is 4.64. The molecule has 8 nitrogen and oxygen atoms in total. The summed E-state index contributed by atoms with van der Waals surface area (Å²) in [6, 6.07) is 11.6. The fourth-order valence-electron chi connectivity index (χ4n) is 4.64. The molecule has 2 aromatic heterocycles. The fraction of sp³-hybridized carbons (Fsp3) is 0.360. The zero-order chi connectivity index (χ0) is 24.5. The van der Waals surface area contributed by atoms with Gasteiger partial charge in [-0.15, -0.1) is 0 Å². The minimum absolute atomic E-state index is 0.0694. The number of carboxylic acid groups (broad SMARTS) is 1. The number of nitrogens with zero attached hydrogens (tertiary/aromatic N) is 3. The molecule has 0 saturated carbocycles. The standard InChI is InChI=1S/C25H28FN5O3/c1-15-6-4-5-7-18(15)23(32)31-11-10-25(24(33)34,13-17(31)3)14-20-19(26)8-9-21(27-20)28-22-12-16(2)29-30-22/h4-9,12,17H,10-11,13-14H2,1-3H3,(H,33,34)(H2,27,28,29,30)/t17-,25-/m1/s1. The SMILES string of the molecule is Cc1cc(Nc2ccc(F)c(C[C@@]3(C(=O)O)CCN(C(=O)c4ccccc4C)[C@H](C)C3)n2)n[nH]1. The summed E-state index contributed by atoms with van der Waals surface area (Å²) >= 11 is 0. The summed E-state index contributed by atoms with van der Waals surface area (Å²) in [6.07, 6.45) is 0.346. The average Bonchev–Trinajstić information content (AvgIpc) is 3.20. The Balaban J connectivity index is 1.55. The quantitative estimate of drug-likeness (QED) is 0.502. The molecule has 4 rings (SSSR count). The lowest BCUT2D eigenvalue weighted by Gasteiger charge is -2.43. The zero-order valence-corrected chi connectivity index (χ0v) is 19.4. The Morgan fingerprint density at radius 2 is 2.00 bits per heavy atom. The molecule has 9 heteroatoms. The first kappa shape index (κ1) is 23.4. The van der Waals surface area contributed by atoms with Crippen molar-refractivity contribution in [3.8, 4) is 0 Å². The second-order valence-electron chi connectivity index (χ2n) is 9.07. The van der Waals surface area contributed by atoms with Gasteiger partial charge in [-0.05, 0) is 57.4 Å². The third kappa shape index (κ3) is 4.64. The number of likely N-dealkylation sites (tertiary alicyclic amines) is 1. The van der Waals surface area contributed by atoms with Crippen LogP contribution >= 0.6 is 0 Å². The van der Waals surface area contributed by atoms with Crippen LogP contribution in [0.3, 0.4) is 0 Å². The van der Waals surface area contributed by atoms with Gasteiger partial charge in [0.15, 0.2) is 5.82 Å². The van der Waals surface area contributed by atoms with Gasteiger partial charge < -0.3 is 15.3 Å². The molecule has 0 unspecified atom stereocenters. The van der Waals surface area contributed by atoms with E-state index in [0.29, 0.717) is 17.2 Å². The molecular weight excluding hydrogens is 437 g/mol. The third-order valence-corrected chi connectivity index (χ3v) is 6.53. The van der Waals surface area contributed by atoms with Crippen LogP contribution in [0, 0.1) is 25.1 Å². The molecule has 0 bridgehead atoms. The number of H-pyrrole nitrogens is 1. The van der Waals surface area contributed by atoms with Gasteiger partial charge in [0, 0.05) is 36.3 Å². The molecule has 0 spiro atoms. The number of carboxylic acids is 1.